The fourth-order valence-corrected chi connectivity index (χ4v) is 2.14. The molecular formula is C17H20N2O6. The maximum absolute atomic E-state index is 11.9. The zero-order chi connectivity index (χ0) is 18.4. The number of furan rings is 1. The molecule has 8 heteroatoms. The highest BCUT2D eigenvalue weighted by atomic mass is 16.5. The molecule has 3 amide bonds. The molecule has 0 radical (unpaired) electrons. The molecule has 0 atom stereocenters. The summed E-state index contributed by atoms with van der Waals surface area (Å²) in [6.45, 7) is 2.98. The van der Waals surface area contributed by atoms with E-state index in [0.717, 1.165) is 5.39 Å². The van der Waals surface area contributed by atoms with Gasteiger partial charge in [0.1, 0.15) is 11.3 Å². The van der Waals surface area contributed by atoms with Crippen LogP contribution in [0.2, 0.25) is 0 Å². The van der Waals surface area contributed by atoms with Gasteiger partial charge in [0.25, 0.3) is 5.91 Å². The summed E-state index contributed by atoms with van der Waals surface area (Å²) >= 11 is 0. The first kappa shape index (κ1) is 18.3. The van der Waals surface area contributed by atoms with Crippen molar-refractivity contribution in [3.05, 3.63) is 30.0 Å². The van der Waals surface area contributed by atoms with E-state index in [-0.39, 0.29) is 12.5 Å². The summed E-state index contributed by atoms with van der Waals surface area (Å²) in [6.07, 6.45) is 1.41. The molecule has 0 aliphatic rings. The van der Waals surface area contributed by atoms with E-state index in [1.54, 1.807) is 39.2 Å². The molecule has 0 unspecified atom stereocenters. The summed E-state index contributed by atoms with van der Waals surface area (Å²) in [4.78, 5) is 34.8. The second kappa shape index (κ2) is 8.18. The van der Waals surface area contributed by atoms with Crippen LogP contribution in [0.4, 0.5) is 4.79 Å². The third-order valence-corrected chi connectivity index (χ3v) is 3.23. The predicted octanol–water partition coefficient (Wildman–Crippen LogP) is 1.76. The summed E-state index contributed by atoms with van der Waals surface area (Å²) in [5, 5.41) is 5.32. The summed E-state index contributed by atoms with van der Waals surface area (Å²) in [7, 11) is 1.55. The molecule has 1 aromatic heterocycles. The first-order chi connectivity index (χ1) is 11.9. The number of nitrogens with one attached hydrogen (secondary N) is 2. The Morgan fingerprint density at radius 2 is 2.00 bits per heavy atom. The van der Waals surface area contributed by atoms with Crippen molar-refractivity contribution in [1.82, 2.24) is 10.6 Å². The van der Waals surface area contributed by atoms with Gasteiger partial charge < -0.3 is 19.2 Å². The number of benzene rings is 1. The lowest BCUT2D eigenvalue weighted by molar-refractivity contribution is -0.147. The predicted molar refractivity (Wildman–Crippen MR) is 89.2 cm³/mol. The monoisotopic (exact) mass is 348 g/mol. The Kier molecular flexibility index (Phi) is 5.99. The Morgan fingerprint density at radius 1 is 1.24 bits per heavy atom. The molecule has 1 aromatic carbocycles. The van der Waals surface area contributed by atoms with Crippen LogP contribution in [-0.4, -0.2) is 37.7 Å². The molecule has 25 heavy (non-hydrogen) atoms. The highest BCUT2D eigenvalue weighted by molar-refractivity contribution is 5.95. The molecule has 0 fully saturated rings. The van der Waals surface area contributed by atoms with Crippen LogP contribution in [0.3, 0.4) is 0 Å². The van der Waals surface area contributed by atoms with Gasteiger partial charge in [-0.1, -0.05) is 0 Å². The van der Waals surface area contributed by atoms with Crippen LogP contribution in [0.5, 0.6) is 5.75 Å². The standard InChI is InChI=1S/C17H20N2O6/c1-10(2)18-17(22)19-15(20)9-25-16(21)6-11-8-24-14-7-12(23-3)4-5-13(11)14/h4-5,7-8,10H,6,9H2,1-3H3,(H2,18,19,20,22). The number of fused-ring (bicyclic) bond motifs is 1. The molecule has 0 bridgehead atoms. The van der Waals surface area contributed by atoms with E-state index in [9.17, 15) is 14.4 Å². The van der Waals surface area contributed by atoms with Crippen molar-refractivity contribution >= 4 is 28.9 Å². The van der Waals surface area contributed by atoms with E-state index < -0.39 is 24.5 Å². The lowest BCUT2D eigenvalue weighted by Gasteiger charge is -2.09. The maximum Gasteiger partial charge on any atom is 0.321 e. The number of urea groups is 1. The van der Waals surface area contributed by atoms with Gasteiger partial charge in [-0.05, 0) is 26.0 Å². The van der Waals surface area contributed by atoms with Gasteiger partial charge in [0.15, 0.2) is 6.61 Å². The number of imide groups is 1. The largest absolute Gasteiger partial charge is 0.497 e. The molecule has 0 aliphatic heterocycles. The van der Waals surface area contributed by atoms with E-state index >= 15 is 0 Å². The first-order valence-corrected chi connectivity index (χ1v) is 7.69. The maximum atomic E-state index is 11.9. The molecule has 0 spiro atoms. The normalized spacial score (nSPS) is 10.6. The average molecular weight is 348 g/mol. The van der Waals surface area contributed by atoms with Crippen molar-refractivity contribution in [2.45, 2.75) is 26.3 Å². The topological polar surface area (TPSA) is 107 Å². The van der Waals surface area contributed by atoms with Crippen LogP contribution in [0, 0.1) is 0 Å². The van der Waals surface area contributed by atoms with Crippen molar-refractivity contribution in [2.24, 2.45) is 0 Å². The SMILES string of the molecule is COc1ccc2c(CC(=O)OCC(=O)NC(=O)NC(C)C)coc2c1. The Labute approximate surface area is 144 Å². The number of hydrogen-bond donors (Lipinski definition) is 2. The van der Waals surface area contributed by atoms with Crippen molar-refractivity contribution in [3.63, 3.8) is 0 Å². The zero-order valence-corrected chi connectivity index (χ0v) is 14.3. The number of methoxy groups -OCH3 is 1. The van der Waals surface area contributed by atoms with Crippen molar-refractivity contribution in [3.8, 4) is 5.75 Å². The van der Waals surface area contributed by atoms with Crippen LogP contribution in [0.25, 0.3) is 11.0 Å². The summed E-state index contributed by atoms with van der Waals surface area (Å²) in [5.41, 5.74) is 1.23. The molecule has 1 heterocycles. The second-order valence-corrected chi connectivity index (χ2v) is 5.64. The Balaban J connectivity index is 1.86. The smallest absolute Gasteiger partial charge is 0.321 e. The van der Waals surface area contributed by atoms with Crippen molar-refractivity contribution in [1.29, 1.82) is 0 Å². The molecule has 134 valence electrons. The van der Waals surface area contributed by atoms with Crippen LogP contribution >= 0.6 is 0 Å². The van der Waals surface area contributed by atoms with E-state index in [1.165, 1.54) is 6.26 Å². The second-order valence-electron chi connectivity index (χ2n) is 5.64. The fourth-order valence-electron chi connectivity index (χ4n) is 2.14. The van der Waals surface area contributed by atoms with Gasteiger partial charge >= 0.3 is 12.0 Å². The van der Waals surface area contributed by atoms with Gasteiger partial charge in [-0.3, -0.25) is 14.9 Å². The summed E-state index contributed by atoms with van der Waals surface area (Å²) < 4.78 is 15.4. The summed E-state index contributed by atoms with van der Waals surface area (Å²) in [6, 6.07) is 4.51. The molecular weight excluding hydrogens is 328 g/mol. The quantitative estimate of drug-likeness (QED) is 0.771. The van der Waals surface area contributed by atoms with Gasteiger partial charge in [-0.15, -0.1) is 0 Å². The number of hydrogen-bond acceptors (Lipinski definition) is 6. The zero-order valence-electron chi connectivity index (χ0n) is 14.3. The van der Waals surface area contributed by atoms with Crippen LogP contribution in [-0.2, 0) is 20.7 Å². The lowest BCUT2D eigenvalue weighted by Crippen LogP contribution is -2.44. The molecule has 2 N–H and O–H groups in total. The number of ether oxygens (including phenoxy) is 2. The van der Waals surface area contributed by atoms with Crippen LogP contribution in [0.15, 0.2) is 28.9 Å². The average Bonchev–Trinajstić information content (AvgIpc) is 2.94. The third kappa shape index (κ3) is 5.23. The minimum Gasteiger partial charge on any atom is -0.497 e. The van der Waals surface area contributed by atoms with Crippen molar-refractivity contribution < 1.29 is 28.3 Å². The van der Waals surface area contributed by atoms with Crippen LogP contribution < -0.4 is 15.4 Å². The van der Waals surface area contributed by atoms with Gasteiger partial charge in [-0.2, -0.15) is 0 Å². The number of carbonyl (C=O) groups excluding carboxylic acids is 3. The van der Waals surface area contributed by atoms with Crippen molar-refractivity contribution in [2.75, 3.05) is 13.7 Å². The Bertz CT molecular complexity index is 781. The number of esters is 1. The lowest BCUT2D eigenvalue weighted by atomic mass is 10.1. The highest BCUT2D eigenvalue weighted by Gasteiger charge is 2.15. The number of rotatable bonds is 6. The Morgan fingerprint density at radius 3 is 2.68 bits per heavy atom. The Hall–Kier alpha value is -3.03. The number of carbonyl (C=O) groups is 3. The highest BCUT2D eigenvalue weighted by Crippen LogP contribution is 2.25. The van der Waals surface area contributed by atoms with E-state index in [0.29, 0.717) is 16.9 Å². The molecule has 0 aliphatic carbocycles. The minimum atomic E-state index is -0.701. The van der Waals surface area contributed by atoms with Crippen LogP contribution in [0.1, 0.15) is 19.4 Å². The van der Waals surface area contributed by atoms with Gasteiger partial charge in [-0.25, -0.2) is 4.79 Å². The van der Waals surface area contributed by atoms with Gasteiger partial charge in [0.2, 0.25) is 0 Å². The number of amides is 3. The molecule has 0 saturated carbocycles. The third-order valence-electron chi connectivity index (χ3n) is 3.23. The molecule has 0 saturated heterocycles. The van der Waals surface area contributed by atoms with E-state index in [1.807, 2.05) is 0 Å². The molecule has 8 nitrogen and oxygen atoms in total. The van der Waals surface area contributed by atoms with E-state index in [4.69, 9.17) is 13.9 Å². The summed E-state index contributed by atoms with van der Waals surface area (Å²) in [5.74, 6) is -0.654. The first-order valence-electron chi connectivity index (χ1n) is 7.69. The molecule has 2 aromatic rings. The molecule has 2 rings (SSSR count). The minimum absolute atomic E-state index is 0.0508. The van der Waals surface area contributed by atoms with Gasteiger partial charge in [0, 0.05) is 23.1 Å². The van der Waals surface area contributed by atoms with Gasteiger partial charge in [0.05, 0.1) is 19.8 Å². The van der Waals surface area contributed by atoms with E-state index in [2.05, 4.69) is 10.6 Å². The fraction of sp³-hybridized carbons (Fsp3) is 0.353.